The van der Waals surface area contributed by atoms with Crippen molar-refractivity contribution in [1.82, 2.24) is 9.55 Å². The number of hydrogen-bond acceptors (Lipinski definition) is 8. The van der Waals surface area contributed by atoms with Crippen LogP contribution >= 0.6 is 0 Å². The minimum atomic E-state index is -2.04. The fourth-order valence-electron chi connectivity index (χ4n) is 4.78. The Morgan fingerprint density at radius 3 is 2.76 bits per heavy atom. The van der Waals surface area contributed by atoms with E-state index in [1.807, 2.05) is 18.2 Å². The van der Waals surface area contributed by atoms with Crippen molar-refractivity contribution in [3.05, 3.63) is 56.9 Å². The molecule has 0 saturated carbocycles. The monoisotopic (exact) mass is 450 g/mol. The number of carbonyl (C=O) groups excluding carboxylic acids is 2. The molecule has 9 heteroatoms. The number of methoxy groups -OCH3 is 2. The van der Waals surface area contributed by atoms with Crippen LogP contribution in [0.1, 0.15) is 35.6 Å². The van der Waals surface area contributed by atoms with Gasteiger partial charge >= 0.3 is 11.9 Å². The molecule has 33 heavy (non-hydrogen) atoms. The van der Waals surface area contributed by atoms with Gasteiger partial charge in [0.2, 0.25) is 0 Å². The summed E-state index contributed by atoms with van der Waals surface area (Å²) >= 11 is 0. The van der Waals surface area contributed by atoms with Gasteiger partial charge in [0.25, 0.3) is 5.56 Å². The quantitative estimate of drug-likeness (QED) is 0.468. The van der Waals surface area contributed by atoms with Gasteiger partial charge in [-0.2, -0.15) is 0 Å². The minimum Gasteiger partial charge on any atom is -0.497 e. The Labute approximate surface area is 188 Å². The summed E-state index contributed by atoms with van der Waals surface area (Å²) in [5.41, 5.74) is 0.647. The Hall–Kier alpha value is -3.72. The molecule has 0 fully saturated rings. The Bertz CT molecular complexity index is 1410. The highest BCUT2D eigenvalue weighted by Gasteiger charge is 2.48. The summed E-state index contributed by atoms with van der Waals surface area (Å²) in [5, 5.41) is 12.1. The second kappa shape index (κ2) is 7.41. The first-order valence-corrected chi connectivity index (χ1v) is 10.6. The van der Waals surface area contributed by atoms with Crippen LogP contribution in [0.3, 0.4) is 0 Å². The number of aliphatic hydroxyl groups is 1. The van der Waals surface area contributed by atoms with E-state index in [2.05, 4.69) is 0 Å². The number of carbonyl (C=O) groups is 2. The van der Waals surface area contributed by atoms with Crippen LogP contribution < -0.4 is 10.3 Å². The molecule has 0 saturated heterocycles. The molecule has 0 amide bonds. The summed E-state index contributed by atoms with van der Waals surface area (Å²) in [6, 6.07) is 7.39. The number of benzene rings is 1. The molecule has 5 rings (SSSR count). The second-order valence-corrected chi connectivity index (χ2v) is 8.17. The third-order valence-electron chi connectivity index (χ3n) is 6.48. The average Bonchev–Trinajstić information content (AvgIpc) is 3.20. The van der Waals surface area contributed by atoms with Crippen LogP contribution in [-0.4, -0.2) is 40.8 Å². The lowest BCUT2D eigenvalue weighted by Crippen LogP contribution is -2.46. The maximum absolute atomic E-state index is 13.5. The third kappa shape index (κ3) is 2.96. The van der Waals surface area contributed by atoms with Crippen LogP contribution in [0.5, 0.6) is 5.75 Å². The molecule has 1 atom stereocenters. The Morgan fingerprint density at radius 1 is 1.27 bits per heavy atom. The maximum atomic E-state index is 13.5. The number of esters is 2. The number of nitrogens with zero attached hydrogens (tertiary/aromatic N) is 2. The molecule has 2 aliphatic heterocycles. The van der Waals surface area contributed by atoms with Crippen molar-refractivity contribution in [3.63, 3.8) is 0 Å². The van der Waals surface area contributed by atoms with Crippen molar-refractivity contribution >= 4 is 22.8 Å². The van der Waals surface area contributed by atoms with Crippen LogP contribution in [0.4, 0.5) is 0 Å². The normalized spacial score (nSPS) is 18.4. The van der Waals surface area contributed by atoms with Gasteiger partial charge in [-0.3, -0.25) is 9.59 Å². The van der Waals surface area contributed by atoms with Gasteiger partial charge in [-0.05, 0) is 36.2 Å². The smallest absolute Gasteiger partial charge is 0.343 e. The summed E-state index contributed by atoms with van der Waals surface area (Å²) < 4.78 is 16.9. The van der Waals surface area contributed by atoms with Crippen molar-refractivity contribution in [2.45, 2.75) is 38.5 Å². The summed E-state index contributed by atoms with van der Waals surface area (Å²) in [5.74, 6) is -0.720. The van der Waals surface area contributed by atoms with E-state index >= 15 is 0 Å². The fourth-order valence-corrected chi connectivity index (χ4v) is 4.78. The first-order chi connectivity index (χ1) is 15.8. The predicted octanol–water partition coefficient (Wildman–Crippen LogP) is 1.80. The van der Waals surface area contributed by atoms with Crippen molar-refractivity contribution in [3.8, 4) is 17.1 Å². The van der Waals surface area contributed by atoms with Crippen molar-refractivity contribution in [2.75, 3.05) is 14.2 Å². The largest absolute Gasteiger partial charge is 0.497 e. The molecule has 9 nitrogen and oxygen atoms in total. The van der Waals surface area contributed by atoms with Gasteiger partial charge in [0, 0.05) is 16.5 Å². The summed E-state index contributed by atoms with van der Waals surface area (Å²) in [7, 11) is 2.84. The van der Waals surface area contributed by atoms with Crippen LogP contribution in [0.25, 0.3) is 22.3 Å². The van der Waals surface area contributed by atoms with Crippen LogP contribution in [-0.2, 0) is 44.2 Å². The van der Waals surface area contributed by atoms with Crippen LogP contribution in [0, 0.1) is 0 Å². The molecule has 1 aromatic carbocycles. The van der Waals surface area contributed by atoms with E-state index in [1.165, 1.54) is 11.7 Å². The van der Waals surface area contributed by atoms with Gasteiger partial charge in [0.05, 0.1) is 49.7 Å². The Kier molecular flexibility index (Phi) is 4.75. The number of cyclic esters (lactones) is 1. The molecular formula is C24H22N2O7. The zero-order valence-electron chi connectivity index (χ0n) is 18.4. The van der Waals surface area contributed by atoms with Gasteiger partial charge in [0.15, 0.2) is 5.60 Å². The van der Waals surface area contributed by atoms with E-state index in [4.69, 9.17) is 19.2 Å². The first kappa shape index (κ1) is 21.1. The van der Waals surface area contributed by atoms with E-state index in [-0.39, 0.29) is 42.7 Å². The third-order valence-corrected chi connectivity index (χ3v) is 6.48. The molecule has 170 valence electrons. The number of ether oxygens (including phenoxy) is 3. The zero-order chi connectivity index (χ0) is 23.5. The Balaban J connectivity index is 1.85. The molecule has 1 N–H and O–H groups in total. The maximum Gasteiger partial charge on any atom is 0.343 e. The van der Waals surface area contributed by atoms with E-state index in [0.717, 1.165) is 10.9 Å². The lowest BCUT2D eigenvalue weighted by atomic mass is 9.81. The molecule has 0 aliphatic carbocycles. The number of hydrogen-bond donors (Lipinski definition) is 1. The lowest BCUT2D eigenvalue weighted by Gasteiger charge is -2.34. The molecule has 2 aliphatic rings. The first-order valence-electron chi connectivity index (χ1n) is 10.6. The number of aromatic nitrogens is 2. The van der Waals surface area contributed by atoms with Crippen molar-refractivity contribution in [2.24, 2.45) is 0 Å². The van der Waals surface area contributed by atoms with Crippen LogP contribution in [0.2, 0.25) is 0 Å². The number of fused-ring (bicyclic) bond motifs is 5. The summed E-state index contributed by atoms with van der Waals surface area (Å²) in [6.07, 6.45) is -0.250. The van der Waals surface area contributed by atoms with Crippen molar-refractivity contribution in [1.29, 1.82) is 0 Å². The topological polar surface area (TPSA) is 117 Å². The van der Waals surface area contributed by atoms with E-state index in [1.54, 1.807) is 20.1 Å². The van der Waals surface area contributed by atoms with Gasteiger partial charge in [-0.25, -0.2) is 9.78 Å². The van der Waals surface area contributed by atoms with Gasteiger partial charge in [-0.15, -0.1) is 0 Å². The van der Waals surface area contributed by atoms with Crippen molar-refractivity contribution < 1.29 is 28.9 Å². The number of pyridine rings is 2. The molecule has 2 aromatic heterocycles. The summed E-state index contributed by atoms with van der Waals surface area (Å²) in [6.45, 7) is 1.59. The standard InChI is InChI=1S/C24H22N2O7/c1-4-24(30)19-15(9-18(27)32-3)21-20-13(7-12-8-14(31-2)5-6-17(12)25-20)10-26(21)22(28)16(19)11-33-23(24)29/h5-8,30H,4,9-11H2,1-3H3/t24-/m0/s1. The van der Waals surface area contributed by atoms with Gasteiger partial charge < -0.3 is 23.9 Å². The number of rotatable bonds is 4. The highest BCUT2D eigenvalue weighted by molar-refractivity contribution is 5.90. The minimum absolute atomic E-state index is 0.0201. The molecular weight excluding hydrogens is 428 g/mol. The Morgan fingerprint density at radius 2 is 2.06 bits per heavy atom. The zero-order valence-corrected chi connectivity index (χ0v) is 18.4. The average molecular weight is 450 g/mol. The van der Waals surface area contributed by atoms with Gasteiger partial charge in [0.1, 0.15) is 12.4 Å². The second-order valence-electron chi connectivity index (χ2n) is 8.17. The van der Waals surface area contributed by atoms with Crippen LogP contribution in [0.15, 0.2) is 29.1 Å². The molecule has 0 bridgehead atoms. The fraction of sp³-hybridized carbons (Fsp3) is 0.333. The molecule has 4 heterocycles. The SMILES string of the molecule is CC[C@@]1(O)C(=O)OCc2c1c(CC(=O)OC)c1n(c2=O)Cc2cc3cc(OC)ccc3nc2-1. The molecule has 0 radical (unpaired) electrons. The highest BCUT2D eigenvalue weighted by atomic mass is 16.6. The summed E-state index contributed by atoms with van der Waals surface area (Å²) in [4.78, 5) is 43.2. The van der Waals surface area contributed by atoms with E-state index < -0.39 is 17.5 Å². The van der Waals surface area contributed by atoms with E-state index in [0.29, 0.717) is 28.2 Å². The van der Waals surface area contributed by atoms with Gasteiger partial charge in [-0.1, -0.05) is 6.92 Å². The lowest BCUT2D eigenvalue weighted by molar-refractivity contribution is -0.172. The molecule has 0 unspecified atom stereocenters. The molecule has 3 aromatic rings. The molecule has 0 spiro atoms. The van der Waals surface area contributed by atoms with E-state index in [9.17, 15) is 19.5 Å². The highest BCUT2D eigenvalue weighted by Crippen LogP contribution is 2.42. The predicted molar refractivity (Wildman–Crippen MR) is 117 cm³/mol.